The van der Waals surface area contributed by atoms with Gasteiger partial charge in [0, 0.05) is 50.3 Å². The molecule has 1 aliphatic rings. The fourth-order valence-corrected chi connectivity index (χ4v) is 2.93. The summed E-state index contributed by atoms with van der Waals surface area (Å²) in [5, 5.41) is 4.25. The molecule has 0 spiro atoms. The van der Waals surface area contributed by atoms with Gasteiger partial charge in [-0.05, 0) is 12.8 Å². The molecule has 0 unspecified atom stereocenters. The molecule has 1 atom stereocenters. The number of aryl methyl sites for hydroxylation is 1. The minimum absolute atomic E-state index is 0.0204. The molecule has 0 bridgehead atoms. The molecule has 2 aromatic heterocycles. The first-order valence-corrected chi connectivity index (χ1v) is 8.40. The summed E-state index contributed by atoms with van der Waals surface area (Å²) in [5.41, 5.74) is 1.57. The van der Waals surface area contributed by atoms with Crippen LogP contribution in [0.5, 0.6) is 0 Å². The van der Waals surface area contributed by atoms with Gasteiger partial charge in [-0.15, -0.1) is 0 Å². The monoisotopic (exact) mass is 329 g/mol. The molecule has 7 nitrogen and oxygen atoms in total. The lowest BCUT2D eigenvalue weighted by Crippen LogP contribution is -2.36. The zero-order valence-corrected chi connectivity index (χ0v) is 14.0. The van der Waals surface area contributed by atoms with E-state index in [1.54, 1.807) is 24.8 Å². The van der Waals surface area contributed by atoms with Crippen LogP contribution < -0.4 is 0 Å². The van der Waals surface area contributed by atoms with Crippen molar-refractivity contribution in [2.45, 2.75) is 26.3 Å². The lowest BCUT2D eigenvalue weighted by atomic mass is 10.0. The summed E-state index contributed by atoms with van der Waals surface area (Å²) in [5.74, 6) is 0.242. The van der Waals surface area contributed by atoms with Crippen LogP contribution in [0, 0.1) is 5.92 Å². The molecular formula is C17H23N5O2. The Morgan fingerprint density at radius 3 is 3.08 bits per heavy atom. The highest BCUT2D eigenvalue weighted by molar-refractivity contribution is 5.93. The first kappa shape index (κ1) is 16.6. The normalized spacial score (nSPS) is 18.4. The van der Waals surface area contributed by atoms with E-state index in [-0.39, 0.29) is 11.8 Å². The van der Waals surface area contributed by atoms with E-state index >= 15 is 0 Å². The molecule has 128 valence electrons. The molecule has 0 radical (unpaired) electrons. The van der Waals surface area contributed by atoms with Gasteiger partial charge in [-0.3, -0.25) is 19.4 Å². The first-order chi connectivity index (χ1) is 11.8. The number of hydrogen-bond donors (Lipinski definition) is 0. The maximum Gasteiger partial charge on any atom is 0.257 e. The minimum atomic E-state index is 0.0204. The highest BCUT2D eigenvalue weighted by Gasteiger charge is 2.24. The standard InChI is InChI=1S/C17H23N5O2/c1-2-5-22-12-15(9-20-22)17(23)21-6-7-24-13-14(11-21)8-16-10-18-3-4-19-16/h3-4,9-10,12,14H,2,5-8,11,13H2,1H3/t14-/m0/s1. The van der Waals surface area contributed by atoms with E-state index in [0.717, 1.165) is 25.1 Å². The van der Waals surface area contributed by atoms with Gasteiger partial charge < -0.3 is 9.64 Å². The molecule has 2 aromatic rings. The van der Waals surface area contributed by atoms with Gasteiger partial charge in [0.15, 0.2) is 0 Å². The molecule has 3 rings (SSSR count). The van der Waals surface area contributed by atoms with Gasteiger partial charge in [-0.2, -0.15) is 5.10 Å². The van der Waals surface area contributed by atoms with Crippen molar-refractivity contribution in [1.29, 1.82) is 0 Å². The molecule has 1 fully saturated rings. The Morgan fingerprint density at radius 2 is 2.29 bits per heavy atom. The molecule has 0 N–H and O–H groups in total. The Hall–Kier alpha value is -2.28. The summed E-state index contributed by atoms with van der Waals surface area (Å²) in [4.78, 5) is 23.0. The lowest BCUT2D eigenvalue weighted by molar-refractivity contribution is 0.0737. The third-order valence-electron chi connectivity index (χ3n) is 4.07. The number of carbonyl (C=O) groups is 1. The van der Waals surface area contributed by atoms with Crippen LogP contribution in [0.15, 0.2) is 31.0 Å². The van der Waals surface area contributed by atoms with Crippen molar-refractivity contribution < 1.29 is 9.53 Å². The minimum Gasteiger partial charge on any atom is -0.379 e. The molecule has 1 amide bonds. The number of aromatic nitrogens is 4. The lowest BCUT2D eigenvalue weighted by Gasteiger charge is -2.23. The third-order valence-corrected chi connectivity index (χ3v) is 4.07. The van der Waals surface area contributed by atoms with Crippen molar-refractivity contribution in [1.82, 2.24) is 24.6 Å². The first-order valence-electron chi connectivity index (χ1n) is 8.40. The van der Waals surface area contributed by atoms with E-state index in [2.05, 4.69) is 22.0 Å². The average Bonchev–Trinajstić information content (AvgIpc) is 2.94. The van der Waals surface area contributed by atoms with Crippen molar-refractivity contribution in [3.8, 4) is 0 Å². The highest BCUT2D eigenvalue weighted by atomic mass is 16.5. The molecular weight excluding hydrogens is 306 g/mol. The van der Waals surface area contributed by atoms with Crippen LogP contribution in [0.1, 0.15) is 29.4 Å². The van der Waals surface area contributed by atoms with Crippen LogP contribution in [0.4, 0.5) is 0 Å². The maximum atomic E-state index is 12.8. The molecule has 0 saturated carbocycles. The van der Waals surface area contributed by atoms with E-state index in [0.29, 0.717) is 31.9 Å². The fraction of sp³-hybridized carbons (Fsp3) is 0.529. The second kappa shape index (κ2) is 8.01. The van der Waals surface area contributed by atoms with E-state index < -0.39 is 0 Å². The predicted molar refractivity (Wildman–Crippen MR) is 88.5 cm³/mol. The smallest absolute Gasteiger partial charge is 0.257 e. The van der Waals surface area contributed by atoms with Crippen molar-refractivity contribution >= 4 is 5.91 Å². The molecule has 0 aliphatic carbocycles. The maximum absolute atomic E-state index is 12.8. The summed E-state index contributed by atoms with van der Waals surface area (Å²) in [6.07, 6.45) is 10.4. The summed E-state index contributed by atoms with van der Waals surface area (Å²) >= 11 is 0. The molecule has 0 aromatic carbocycles. The number of carbonyl (C=O) groups excluding carboxylic acids is 1. The predicted octanol–water partition coefficient (Wildman–Crippen LogP) is 1.41. The van der Waals surface area contributed by atoms with E-state index in [1.165, 1.54) is 0 Å². The van der Waals surface area contributed by atoms with Gasteiger partial charge in [0.2, 0.25) is 0 Å². The Bertz CT molecular complexity index is 658. The number of hydrogen-bond acceptors (Lipinski definition) is 5. The molecule has 7 heteroatoms. The van der Waals surface area contributed by atoms with E-state index in [1.807, 2.05) is 15.8 Å². The Balaban J connectivity index is 1.66. The SMILES string of the molecule is CCCn1cc(C(=O)N2CCOC[C@@H](Cc3cnccn3)C2)cn1. The van der Waals surface area contributed by atoms with Gasteiger partial charge in [0.1, 0.15) is 0 Å². The molecule has 1 aliphatic heterocycles. The Kier molecular flexibility index (Phi) is 5.53. The topological polar surface area (TPSA) is 73.1 Å². The van der Waals surface area contributed by atoms with Crippen LogP contribution in [-0.4, -0.2) is 56.9 Å². The summed E-state index contributed by atoms with van der Waals surface area (Å²) < 4.78 is 7.49. The number of nitrogens with zero attached hydrogens (tertiary/aromatic N) is 5. The van der Waals surface area contributed by atoms with Crippen LogP contribution in [0.25, 0.3) is 0 Å². The zero-order valence-electron chi connectivity index (χ0n) is 14.0. The van der Waals surface area contributed by atoms with E-state index in [4.69, 9.17) is 4.74 Å². The van der Waals surface area contributed by atoms with Gasteiger partial charge in [0.25, 0.3) is 5.91 Å². The summed E-state index contributed by atoms with van der Waals surface area (Å²) in [6, 6.07) is 0. The Morgan fingerprint density at radius 1 is 1.38 bits per heavy atom. The molecule has 3 heterocycles. The highest BCUT2D eigenvalue weighted by Crippen LogP contribution is 2.15. The van der Waals surface area contributed by atoms with Crippen molar-refractivity contribution in [3.63, 3.8) is 0 Å². The van der Waals surface area contributed by atoms with Gasteiger partial charge in [0.05, 0.1) is 30.7 Å². The fourth-order valence-electron chi connectivity index (χ4n) is 2.93. The number of amides is 1. The molecule has 1 saturated heterocycles. The third kappa shape index (κ3) is 4.17. The van der Waals surface area contributed by atoms with Crippen molar-refractivity contribution in [2.24, 2.45) is 5.92 Å². The van der Waals surface area contributed by atoms with Crippen molar-refractivity contribution in [3.05, 3.63) is 42.2 Å². The van der Waals surface area contributed by atoms with Crippen molar-refractivity contribution in [2.75, 3.05) is 26.3 Å². The Labute approximate surface area is 141 Å². The average molecular weight is 329 g/mol. The van der Waals surface area contributed by atoms with E-state index in [9.17, 15) is 4.79 Å². The van der Waals surface area contributed by atoms with Crippen LogP contribution >= 0.6 is 0 Å². The van der Waals surface area contributed by atoms with Crippen LogP contribution in [0.2, 0.25) is 0 Å². The second-order valence-corrected chi connectivity index (χ2v) is 6.09. The van der Waals surface area contributed by atoms with Gasteiger partial charge >= 0.3 is 0 Å². The zero-order chi connectivity index (χ0) is 16.8. The number of rotatable bonds is 5. The van der Waals surface area contributed by atoms with Gasteiger partial charge in [-0.1, -0.05) is 6.92 Å². The quantitative estimate of drug-likeness (QED) is 0.829. The van der Waals surface area contributed by atoms with Gasteiger partial charge in [-0.25, -0.2) is 0 Å². The molecule has 24 heavy (non-hydrogen) atoms. The second-order valence-electron chi connectivity index (χ2n) is 6.09. The van der Waals surface area contributed by atoms with Crippen LogP contribution in [-0.2, 0) is 17.7 Å². The largest absolute Gasteiger partial charge is 0.379 e. The summed E-state index contributed by atoms with van der Waals surface area (Å²) in [6.45, 7) is 5.38. The number of ether oxygens (including phenoxy) is 1. The summed E-state index contributed by atoms with van der Waals surface area (Å²) in [7, 11) is 0. The van der Waals surface area contributed by atoms with Crippen LogP contribution in [0.3, 0.4) is 0 Å².